The largest absolute Gasteiger partial charge is 0.338 e. The summed E-state index contributed by atoms with van der Waals surface area (Å²) in [5, 5.41) is 0. The van der Waals surface area contributed by atoms with E-state index >= 15 is 0 Å². The molecule has 0 aliphatic carbocycles. The van der Waals surface area contributed by atoms with E-state index in [1.165, 1.54) is 25.9 Å². The number of Topliss-reactive ketones (excluding diaryl/α,β-unsaturated/α-hetero) is 1. The Labute approximate surface area is 120 Å². The molecule has 3 rings (SSSR count). The third kappa shape index (κ3) is 2.88. The highest BCUT2D eigenvalue weighted by Crippen LogP contribution is 2.22. The van der Waals surface area contributed by atoms with Crippen molar-refractivity contribution in [1.82, 2.24) is 14.7 Å². The molecule has 20 heavy (non-hydrogen) atoms. The van der Waals surface area contributed by atoms with Crippen LogP contribution in [0.15, 0.2) is 0 Å². The van der Waals surface area contributed by atoms with Gasteiger partial charge in [-0.3, -0.25) is 19.4 Å². The molecule has 0 aromatic rings. The zero-order valence-corrected chi connectivity index (χ0v) is 12.4. The van der Waals surface area contributed by atoms with E-state index in [1.54, 1.807) is 0 Å². The molecule has 5 nitrogen and oxygen atoms in total. The van der Waals surface area contributed by atoms with Crippen molar-refractivity contribution in [2.45, 2.75) is 44.7 Å². The lowest BCUT2D eigenvalue weighted by Crippen LogP contribution is -2.55. The van der Waals surface area contributed by atoms with Gasteiger partial charge in [0, 0.05) is 51.2 Å². The van der Waals surface area contributed by atoms with Gasteiger partial charge >= 0.3 is 0 Å². The highest BCUT2D eigenvalue weighted by Gasteiger charge is 2.33. The third-order valence-electron chi connectivity index (χ3n) is 5.03. The summed E-state index contributed by atoms with van der Waals surface area (Å²) in [4.78, 5) is 30.3. The molecule has 5 heteroatoms. The Kier molecular flexibility index (Phi) is 4.08. The standard InChI is InChI=1S/C15H25N3O2/c1-12(18-6-4-14(19)9-15(18)20)10-16-7-8-17-5-2-3-13(17)11-16/h12-13H,2-11H2,1H3/t12-,13?/m0/s1. The van der Waals surface area contributed by atoms with Crippen LogP contribution in [0.5, 0.6) is 0 Å². The summed E-state index contributed by atoms with van der Waals surface area (Å²) in [6.07, 6.45) is 3.30. The molecule has 1 unspecified atom stereocenters. The highest BCUT2D eigenvalue weighted by molar-refractivity contribution is 6.00. The average Bonchev–Trinajstić information content (AvgIpc) is 2.85. The predicted molar refractivity (Wildman–Crippen MR) is 76.5 cm³/mol. The van der Waals surface area contributed by atoms with E-state index in [2.05, 4.69) is 16.7 Å². The number of hydrogen-bond acceptors (Lipinski definition) is 4. The number of amides is 1. The summed E-state index contributed by atoms with van der Waals surface area (Å²) in [5.41, 5.74) is 0. The monoisotopic (exact) mass is 279 g/mol. The SMILES string of the molecule is C[C@@H](CN1CCN2CCCC2C1)N1CCC(=O)CC1=O. The second-order valence-corrected chi connectivity index (χ2v) is 6.49. The van der Waals surface area contributed by atoms with Crippen molar-refractivity contribution in [2.24, 2.45) is 0 Å². The number of fused-ring (bicyclic) bond motifs is 1. The number of carbonyl (C=O) groups is 2. The number of likely N-dealkylation sites (tertiary alicyclic amines) is 1. The quantitative estimate of drug-likeness (QED) is 0.699. The topological polar surface area (TPSA) is 43.9 Å². The molecule has 112 valence electrons. The van der Waals surface area contributed by atoms with E-state index in [0.717, 1.165) is 25.7 Å². The number of rotatable bonds is 3. The van der Waals surface area contributed by atoms with Gasteiger partial charge in [0.05, 0.1) is 6.42 Å². The molecule has 0 spiro atoms. The van der Waals surface area contributed by atoms with Gasteiger partial charge in [0.15, 0.2) is 0 Å². The van der Waals surface area contributed by atoms with Crippen molar-refractivity contribution in [1.29, 1.82) is 0 Å². The first kappa shape index (κ1) is 14.0. The number of piperidine rings is 1. The van der Waals surface area contributed by atoms with Crippen LogP contribution in [-0.4, -0.2) is 77.7 Å². The molecular formula is C15H25N3O2. The van der Waals surface area contributed by atoms with Crippen LogP contribution < -0.4 is 0 Å². The lowest BCUT2D eigenvalue weighted by Gasteiger charge is -2.41. The smallest absolute Gasteiger partial charge is 0.230 e. The summed E-state index contributed by atoms with van der Waals surface area (Å²) in [5.74, 6) is 0.117. The molecule has 3 heterocycles. The van der Waals surface area contributed by atoms with E-state index in [4.69, 9.17) is 0 Å². The average molecular weight is 279 g/mol. The first-order chi connectivity index (χ1) is 9.63. The molecule has 2 atom stereocenters. The Hall–Kier alpha value is -0.940. The van der Waals surface area contributed by atoms with Crippen molar-refractivity contribution >= 4 is 11.7 Å². The Bertz CT molecular complexity index is 399. The van der Waals surface area contributed by atoms with Gasteiger partial charge in [0.1, 0.15) is 5.78 Å². The Morgan fingerprint density at radius 3 is 2.85 bits per heavy atom. The van der Waals surface area contributed by atoms with Crippen LogP contribution in [0.4, 0.5) is 0 Å². The first-order valence-corrected chi connectivity index (χ1v) is 7.91. The van der Waals surface area contributed by atoms with Gasteiger partial charge in [-0.2, -0.15) is 0 Å². The number of hydrogen-bond donors (Lipinski definition) is 0. The first-order valence-electron chi connectivity index (χ1n) is 7.91. The number of nitrogens with zero attached hydrogens (tertiary/aromatic N) is 3. The molecule has 1 amide bonds. The number of carbonyl (C=O) groups excluding carboxylic acids is 2. The van der Waals surface area contributed by atoms with E-state index in [1.807, 2.05) is 4.90 Å². The lowest BCUT2D eigenvalue weighted by atomic mass is 10.1. The Balaban J connectivity index is 1.52. The molecule has 0 radical (unpaired) electrons. The summed E-state index contributed by atoms with van der Waals surface area (Å²) < 4.78 is 0. The maximum Gasteiger partial charge on any atom is 0.230 e. The fourth-order valence-corrected chi connectivity index (χ4v) is 3.89. The van der Waals surface area contributed by atoms with Gasteiger partial charge in [0.25, 0.3) is 0 Å². The summed E-state index contributed by atoms with van der Waals surface area (Å²) in [7, 11) is 0. The van der Waals surface area contributed by atoms with Crippen molar-refractivity contribution in [3.8, 4) is 0 Å². The molecule has 3 aliphatic rings. The summed E-state index contributed by atoms with van der Waals surface area (Å²) in [6.45, 7) is 8.37. The molecule has 0 aromatic carbocycles. The highest BCUT2D eigenvalue weighted by atomic mass is 16.2. The second-order valence-electron chi connectivity index (χ2n) is 6.49. The molecule has 3 fully saturated rings. The maximum atomic E-state index is 11.9. The normalized spacial score (nSPS) is 30.6. The Morgan fingerprint density at radius 2 is 2.05 bits per heavy atom. The lowest BCUT2D eigenvalue weighted by molar-refractivity contribution is -0.141. The van der Waals surface area contributed by atoms with Crippen LogP contribution in [0.25, 0.3) is 0 Å². The van der Waals surface area contributed by atoms with Crippen molar-refractivity contribution in [3.63, 3.8) is 0 Å². The van der Waals surface area contributed by atoms with Gasteiger partial charge in [-0.15, -0.1) is 0 Å². The minimum atomic E-state index is 0.0215. The van der Waals surface area contributed by atoms with E-state index in [-0.39, 0.29) is 24.2 Å². The van der Waals surface area contributed by atoms with E-state index in [9.17, 15) is 9.59 Å². The fourth-order valence-electron chi connectivity index (χ4n) is 3.89. The zero-order chi connectivity index (χ0) is 14.1. The summed E-state index contributed by atoms with van der Waals surface area (Å²) in [6, 6.07) is 0.957. The Morgan fingerprint density at radius 1 is 1.20 bits per heavy atom. The van der Waals surface area contributed by atoms with Crippen LogP contribution in [0.1, 0.15) is 32.6 Å². The molecule has 3 aliphatic heterocycles. The van der Waals surface area contributed by atoms with E-state index in [0.29, 0.717) is 13.0 Å². The van der Waals surface area contributed by atoms with Gasteiger partial charge < -0.3 is 4.90 Å². The van der Waals surface area contributed by atoms with E-state index < -0.39 is 0 Å². The minimum Gasteiger partial charge on any atom is -0.338 e. The van der Waals surface area contributed by atoms with Crippen molar-refractivity contribution in [3.05, 3.63) is 0 Å². The van der Waals surface area contributed by atoms with Crippen LogP contribution in [0, 0.1) is 0 Å². The van der Waals surface area contributed by atoms with Crippen molar-refractivity contribution < 1.29 is 9.59 Å². The van der Waals surface area contributed by atoms with Gasteiger partial charge in [-0.25, -0.2) is 0 Å². The van der Waals surface area contributed by atoms with Gasteiger partial charge in [0.2, 0.25) is 5.91 Å². The third-order valence-corrected chi connectivity index (χ3v) is 5.03. The predicted octanol–water partition coefficient (Wildman–Crippen LogP) is 0.346. The van der Waals surface area contributed by atoms with Gasteiger partial charge in [-0.1, -0.05) is 0 Å². The van der Waals surface area contributed by atoms with Crippen LogP contribution >= 0.6 is 0 Å². The zero-order valence-electron chi connectivity index (χ0n) is 12.4. The molecule has 0 aromatic heterocycles. The maximum absolute atomic E-state index is 11.9. The summed E-state index contributed by atoms with van der Waals surface area (Å²) >= 11 is 0. The minimum absolute atomic E-state index is 0.0215. The molecule has 3 saturated heterocycles. The molecule has 0 saturated carbocycles. The second kappa shape index (κ2) is 5.82. The number of ketones is 1. The molecule has 0 N–H and O–H groups in total. The van der Waals surface area contributed by atoms with Gasteiger partial charge in [-0.05, 0) is 26.3 Å². The van der Waals surface area contributed by atoms with Crippen LogP contribution in [-0.2, 0) is 9.59 Å². The fraction of sp³-hybridized carbons (Fsp3) is 0.867. The van der Waals surface area contributed by atoms with Crippen molar-refractivity contribution in [2.75, 3.05) is 39.3 Å². The number of piperazine rings is 1. The van der Waals surface area contributed by atoms with Crippen LogP contribution in [0.3, 0.4) is 0 Å². The molecule has 0 bridgehead atoms. The van der Waals surface area contributed by atoms with Crippen LogP contribution in [0.2, 0.25) is 0 Å². The molecular weight excluding hydrogens is 254 g/mol.